The van der Waals surface area contributed by atoms with Gasteiger partial charge in [-0.05, 0) is 11.6 Å². The molecule has 0 spiro atoms. The second-order valence-electron chi connectivity index (χ2n) is 5.57. The number of aromatic amines is 1. The Labute approximate surface area is 135 Å². The first-order valence-electron chi connectivity index (χ1n) is 7.16. The molecule has 3 heterocycles. The van der Waals surface area contributed by atoms with Gasteiger partial charge in [0.2, 0.25) is 0 Å². The number of fused-ring (bicyclic) bond motifs is 2. The zero-order chi connectivity index (χ0) is 16.0. The van der Waals surface area contributed by atoms with Crippen LogP contribution in [0.2, 0.25) is 5.02 Å². The number of rotatable bonds is 2. The third-order valence-electron chi connectivity index (χ3n) is 4.03. The highest BCUT2D eigenvalue weighted by atomic mass is 35.5. The van der Waals surface area contributed by atoms with Crippen LogP contribution in [0, 0.1) is 0 Å². The van der Waals surface area contributed by atoms with Gasteiger partial charge in [0, 0.05) is 43.6 Å². The lowest BCUT2D eigenvalue weighted by molar-refractivity contribution is 0.242. The van der Waals surface area contributed by atoms with Crippen molar-refractivity contribution in [3.63, 3.8) is 0 Å². The largest absolute Gasteiger partial charge is 0.506 e. The van der Waals surface area contributed by atoms with E-state index in [1.165, 1.54) is 12.1 Å². The van der Waals surface area contributed by atoms with E-state index in [1.807, 2.05) is 0 Å². The third kappa shape index (κ3) is 2.58. The average molecular weight is 333 g/mol. The number of hydrogen-bond donors (Lipinski definition) is 2. The molecule has 0 fully saturated rings. The molecule has 0 bridgehead atoms. The Bertz CT molecular complexity index is 950. The lowest BCUT2D eigenvalue weighted by Crippen LogP contribution is -2.30. The van der Waals surface area contributed by atoms with E-state index in [1.54, 1.807) is 6.07 Å². The Balaban J connectivity index is 1.72. The van der Waals surface area contributed by atoms with Gasteiger partial charge in [0.25, 0.3) is 0 Å². The molecule has 4 rings (SSSR count). The normalized spacial score (nSPS) is 15.0. The van der Waals surface area contributed by atoms with Gasteiger partial charge in [0.05, 0.1) is 16.4 Å². The van der Waals surface area contributed by atoms with Gasteiger partial charge >= 0.3 is 5.63 Å². The van der Waals surface area contributed by atoms with Gasteiger partial charge in [0.15, 0.2) is 0 Å². The maximum atomic E-state index is 11.8. The Kier molecular flexibility index (Phi) is 3.32. The summed E-state index contributed by atoms with van der Waals surface area (Å²) < 4.78 is 5.15. The minimum absolute atomic E-state index is 0.107. The number of nitrogens with one attached hydrogen (secondary N) is 1. The van der Waals surface area contributed by atoms with Crippen LogP contribution >= 0.6 is 11.6 Å². The van der Waals surface area contributed by atoms with E-state index in [-0.39, 0.29) is 10.8 Å². The van der Waals surface area contributed by atoms with E-state index in [2.05, 4.69) is 20.3 Å². The number of halogens is 1. The van der Waals surface area contributed by atoms with Gasteiger partial charge in [-0.3, -0.25) is 4.90 Å². The van der Waals surface area contributed by atoms with Gasteiger partial charge in [0.1, 0.15) is 11.3 Å². The fourth-order valence-corrected chi connectivity index (χ4v) is 3.06. The van der Waals surface area contributed by atoms with Crippen molar-refractivity contribution in [3.05, 3.63) is 50.6 Å². The van der Waals surface area contributed by atoms with Crippen molar-refractivity contribution < 1.29 is 9.52 Å². The van der Waals surface area contributed by atoms with Gasteiger partial charge < -0.3 is 9.52 Å². The van der Waals surface area contributed by atoms with Gasteiger partial charge in [-0.1, -0.05) is 11.6 Å². The molecular weight excluding hydrogens is 320 g/mol. The summed E-state index contributed by atoms with van der Waals surface area (Å²) in [6.07, 6.45) is 0.812. The fourth-order valence-electron chi connectivity index (χ4n) is 2.90. The molecule has 0 aliphatic carbocycles. The van der Waals surface area contributed by atoms with E-state index < -0.39 is 5.63 Å². The molecule has 0 radical (unpaired) electrons. The van der Waals surface area contributed by atoms with E-state index in [9.17, 15) is 9.90 Å². The van der Waals surface area contributed by atoms with E-state index >= 15 is 0 Å². The second kappa shape index (κ2) is 5.36. The molecule has 0 atom stereocenters. The molecule has 2 N–H and O–H groups in total. The van der Waals surface area contributed by atoms with Crippen LogP contribution in [0.1, 0.15) is 17.0 Å². The number of phenolic OH excluding ortho intramolecular Hbond substituents is 1. The molecule has 0 unspecified atom stereocenters. The lowest BCUT2D eigenvalue weighted by atomic mass is 10.1. The molecule has 0 saturated carbocycles. The van der Waals surface area contributed by atoms with Crippen LogP contribution in [0.15, 0.2) is 27.4 Å². The Morgan fingerprint density at radius 1 is 1.30 bits per heavy atom. The summed E-state index contributed by atoms with van der Waals surface area (Å²) in [7, 11) is 0. The van der Waals surface area contributed by atoms with Crippen LogP contribution in [0.4, 0.5) is 0 Å². The summed E-state index contributed by atoms with van der Waals surface area (Å²) in [5.74, 6) is -0.107. The molecule has 2 aromatic heterocycles. The molecule has 1 aromatic carbocycles. The van der Waals surface area contributed by atoms with Crippen LogP contribution in [0.25, 0.3) is 11.0 Å². The van der Waals surface area contributed by atoms with Gasteiger partial charge in [-0.2, -0.15) is 15.4 Å². The summed E-state index contributed by atoms with van der Waals surface area (Å²) in [5.41, 5.74) is 2.61. The summed E-state index contributed by atoms with van der Waals surface area (Å²) in [4.78, 5) is 14.0. The summed E-state index contributed by atoms with van der Waals surface area (Å²) in [6, 6.07) is 4.46. The first-order valence-corrected chi connectivity index (χ1v) is 7.54. The number of nitrogens with zero attached hydrogens (tertiary/aromatic N) is 3. The average Bonchev–Trinajstić information content (AvgIpc) is 2.97. The maximum absolute atomic E-state index is 11.8. The predicted octanol–water partition coefficient (Wildman–Crippen LogP) is 1.83. The van der Waals surface area contributed by atoms with E-state index in [0.29, 0.717) is 18.7 Å². The topological polar surface area (TPSA) is 95.2 Å². The highest BCUT2D eigenvalue weighted by Crippen LogP contribution is 2.30. The predicted molar refractivity (Wildman–Crippen MR) is 83.4 cm³/mol. The minimum Gasteiger partial charge on any atom is -0.506 e. The number of benzene rings is 1. The van der Waals surface area contributed by atoms with Crippen molar-refractivity contribution in [3.8, 4) is 5.75 Å². The third-order valence-corrected chi connectivity index (χ3v) is 4.34. The van der Waals surface area contributed by atoms with Crippen LogP contribution in [-0.4, -0.2) is 32.0 Å². The standard InChI is InChI=1S/C15H13ClN4O3/c16-10-4-9-8(3-15(22)23-14(9)5-13(10)21)6-20-2-1-11-12(7-20)18-19-17-11/h3-5,21H,1-2,6-7H2,(H,17,18,19). The SMILES string of the molecule is O=c1cc(CN2CCc3n[nH]nc3C2)c2cc(Cl)c(O)cc2o1. The van der Waals surface area contributed by atoms with Crippen LogP contribution in [0.5, 0.6) is 5.75 Å². The fraction of sp³-hybridized carbons (Fsp3) is 0.267. The molecule has 0 saturated heterocycles. The summed E-state index contributed by atoms with van der Waals surface area (Å²) in [6.45, 7) is 2.06. The zero-order valence-electron chi connectivity index (χ0n) is 12.0. The van der Waals surface area contributed by atoms with Gasteiger partial charge in [-0.15, -0.1) is 0 Å². The molecule has 1 aliphatic heterocycles. The summed E-state index contributed by atoms with van der Waals surface area (Å²) in [5, 5.41) is 21.5. The number of phenols is 1. The maximum Gasteiger partial charge on any atom is 0.336 e. The molecule has 23 heavy (non-hydrogen) atoms. The molecule has 7 nitrogen and oxygen atoms in total. The van der Waals surface area contributed by atoms with Crippen molar-refractivity contribution in [2.24, 2.45) is 0 Å². The monoisotopic (exact) mass is 332 g/mol. The lowest BCUT2D eigenvalue weighted by Gasteiger charge is -2.25. The zero-order valence-corrected chi connectivity index (χ0v) is 12.8. The van der Waals surface area contributed by atoms with Crippen molar-refractivity contribution in [1.29, 1.82) is 0 Å². The van der Waals surface area contributed by atoms with Gasteiger partial charge in [-0.25, -0.2) is 4.79 Å². The number of hydrogen-bond acceptors (Lipinski definition) is 6. The van der Waals surface area contributed by atoms with E-state index in [4.69, 9.17) is 16.0 Å². The van der Waals surface area contributed by atoms with E-state index in [0.717, 1.165) is 35.3 Å². The summed E-state index contributed by atoms with van der Waals surface area (Å²) >= 11 is 5.99. The second-order valence-corrected chi connectivity index (χ2v) is 5.98. The molecule has 0 amide bonds. The minimum atomic E-state index is -0.451. The first kappa shape index (κ1) is 14.2. The first-order chi connectivity index (χ1) is 11.1. The van der Waals surface area contributed by atoms with Crippen LogP contribution < -0.4 is 5.63 Å². The molecule has 3 aromatic rings. The van der Waals surface area contributed by atoms with Crippen LogP contribution in [0.3, 0.4) is 0 Å². The Hall–Kier alpha value is -2.38. The Morgan fingerprint density at radius 3 is 3.00 bits per heavy atom. The van der Waals surface area contributed by atoms with Crippen LogP contribution in [-0.2, 0) is 19.5 Å². The van der Waals surface area contributed by atoms with Crippen molar-refractivity contribution >= 4 is 22.6 Å². The molecular formula is C15H13ClN4O3. The van der Waals surface area contributed by atoms with Crippen molar-refractivity contribution in [2.75, 3.05) is 6.54 Å². The smallest absolute Gasteiger partial charge is 0.336 e. The number of H-pyrrole nitrogens is 1. The quantitative estimate of drug-likeness (QED) is 0.695. The highest BCUT2D eigenvalue weighted by molar-refractivity contribution is 6.32. The number of aromatic hydroxyl groups is 1. The van der Waals surface area contributed by atoms with Crippen molar-refractivity contribution in [1.82, 2.24) is 20.3 Å². The molecule has 1 aliphatic rings. The Morgan fingerprint density at radius 2 is 2.13 bits per heavy atom. The number of aromatic nitrogens is 3. The molecule has 8 heteroatoms. The highest BCUT2D eigenvalue weighted by Gasteiger charge is 2.21. The van der Waals surface area contributed by atoms with Crippen molar-refractivity contribution in [2.45, 2.75) is 19.5 Å². The molecule has 118 valence electrons.